The summed E-state index contributed by atoms with van der Waals surface area (Å²) < 4.78 is 5.18. The highest BCUT2D eigenvalue weighted by atomic mass is 35.5. The lowest BCUT2D eigenvalue weighted by molar-refractivity contribution is -0.140. The number of nitrogens with one attached hydrogen (secondary N) is 1. The quantitative estimate of drug-likeness (QED) is 0.696. The highest BCUT2D eigenvalue weighted by Crippen LogP contribution is 2.23. The van der Waals surface area contributed by atoms with Gasteiger partial charge in [-0.3, -0.25) is 9.59 Å². The number of hydrogen-bond acceptors (Lipinski definition) is 3. The van der Waals surface area contributed by atoms with Crippen LogP contribution in [0.5, 0.6) is 5.75 Å². The van der Waals surface area contributed by atoms with Crippen molar-refractivity contribution in [2.45, 2.75) is 32.4 Å². The summed E-state index contributed by atoms with van der Waals surface area (Å²) in [6.07, 6.45) is 0.579. The summed E-state index contributed by atoms with van der Waals surface area (Å²) in [5.74, 6) is 0.343. The summed E-state index contributed by atoms with van der Waals surface area (Å²) in [5, 5.41) is 3.58. The van der Waals surface area contributed by atoms with Crippen molar-refractivity contribution in [1.29, 1.82) is 0 Å². The lowest BCUT2D eigenvalue weighted by Gasteiger charge is -2.30. The van der Waals surface area contributed by atoms with Gasteiger partial charge in [-0.15, -0.1) is 0 Å². The third-order valence-electron chi connectivity index (χ3n) is 4.50. The number of methoxy groups -OCH3 is 1. The van der Waals surface area contributed by atoms with Gasteiger partial charge in [-0.05, 0) is 41.8 Å². The van der Waals surface area contributed by atoms with E-state index in [1.54, 1.807) is 37.3 Å². The molecule has 2 rings (SSSR count). The first-order valence-electron chi connectivity index (χ1n) is 8.97. The Bertz CT molecular complexity index is 825. The van der Waals surface area contributed by atoms with Crippen LogP contribution < -0.4 is 10.1 Å². The van der Waals surface area contributed by atoms with E-state index >= 15 is 0 Å². The molecule has 0 heterocycles. The van der Waals surface area contributed by atoms with Crippen molar-refractivity contribution in [2.75, 3.05) is 14.2 Å². The Labute approximate surface area is 175 Å². The zero-order chi connectivity index (χ0) is 20.7. The maximum atomic E-state index is 13.1. The van der Waals surface area contributed by atoms with Crippen molar-refractivity contribution in [3.8, 4) is 5.75 Å². The van der Waals surface area contributed by atoms with Gasteiger partial charge < -0.3 is 15.0 Å². The van der Waals surface area contributed by atoms with Crippen LogP contribution in [0.15, 0.2) is 42.5 Å². The number of ether oxygens (including phenoxy) is 1. The van der Waals surface area contributed by atoms with Crippen LogP contribution in [0, 0.1) is 0 Å². The summed E-state index contributed by atoms with van der Waals surface area (Å²) in [6.45, 7) is 2.18. The second kappa shape index (κ2) is 10.3. The molecular formula is C21H24Cl2N2O3. The van der Waals surface area contributed by atoms with E-state index < -0.39 is 6.04 Å². The SMILES string of the molecule is CC[C@@H](C(=O)NC)N(Cc1ccc(OC)cc1)C(=O)Cc1ccc(Cl)cc1Cl. The van der Waals surface area contributed by atoms with Crippen molar-refractivity contribution < 1.29 is 14.3 Å². The Morgan fingerprint density at radius 3 is 2.36 bits per heavy atom. The fraction of sp³-hybridized carbons (Fsp3) is 0.333. The predicted octanol–water partition coefficient (Wildman–Crippen LogP) is 4.10. The standard InChI is InChI=1S/C21H24Cl2N2O3/c1-4-19(21(27)24-2)25(13-14-5-9-17(28-3)10-6-14)20(26)11-15-7-8-16(22)12-18(15)23/h5-10,12,19H,4,11,13H2,1-3H3,(H,24,27)/t19-/m0/s1. The van der Waals surface area contributed by atoms with E-state index in [9.17, 15) is 9.59 Å². The Morgan fingerprint density at radius 2 is 1.82 bits per heavy atom. The Kier molecular flexibility index (Phi) is 8.15. The maximum absolute atomic E-state index is 13.1. The van der Waals surface area contributed by atoms with E-state index in [1.165, 1.54) is 0 Å². The number of nitrogens with zero attached hydrogens (tertiary/aromatic N) is 1. The van der Waals surface area contributed by atoms with E-state index in [-0.39, 0.29) is 18.2 Å². The fourth-order valence-corrected chi connectivity index (χ4v) is 3.42. The van der Waals surface area contributed by atoms with Crippen LogP contribution in [0.2, 0.25) is 10.0 Å². The molecule has 28 heavy (non-hydrogen) atoms. The molecule has 0 aliphatic heterocycles. The summed E-state index contributed by atoms with van der Waals surface area (Å²) in [7, 11) is 3.16. The molecule has 2 aromatic rings. The number of benzene rings is 2. The molecule has 0 aromatic heterocycles. The van der Waals surface area contributed by atoms with Crippen molar-refractivity contribution in [3.05, 3.63) is 63.6 Å². The molecule has 0 aliphatic rings. The first-order chi connectivity index (χ1) is 13.4. The van der Waals surface area contributed by atoms with Crippen LogP contribution in [-0.4, -0.2) is 36.9 Å². The van der Waals surface area contributed by atoms with Crippen molar-refractivity contribution in [1.82, 2.24) is 10.2 Å². The van der Waals surface area contributed by atoms with Crippen LogP contribution in [0.4, 0.5) is 0 Å². The van der Waals surface area contributed by atoms with Gasteiger partial charge in [0.25, 0.3) is 0 Å². The number of halogens is 2. The number of carbonyl (C=O) groups excluding carboxylic acids is 2. The highest BCUT2D eigenvalue weighted by Gasteiger charge is 2.28. The van der Waals surface area contributed by atoms with Gasteiger partial charge in [0.05, 0.1) is 13.5 Å². The van der Waals surface area contributed by atoms with Crippen LogP contribution in [0.25, 0.3) is 0 Å². The maximum Gasteiger partial charge on any atom is 0.242 e. The zero-order valence-electron chi connectivity index (χ0n) is 16.2. The molecule has 0 saturated heterocycles. The minimum absolute atomic E-state index is 0.0830. The molecule has 0 spiro atoms. The van der Waals surface area contributed by atoms with Crippen molar-refractivity contribution in [2.24, 2.45) is 0 Å². The third kappa shape index (κ3) is 5.63. The van der Waals surface area contributed by atoms with E-state index in [0.717, 1.165) is 11.3 Å². The lowest BCUT2D eigenvalue weighted by atomic mass is 10.1. The minimum Gasteiger partial charge on any atom is -0.497 e. The molecule has 1 atom stereocenters. The Hall–Kier alpha value is -2.24. The molecule has 2 amide bonds. The molecule has 0 saturated carbocycles. The Morgan fingerprint density at radius 1 is 1.14 bits per heavy atom. The van der Waals surface area contributed by atoms with Gasteiger partial charge in [-0.2, -0.15) is 0 Å². The van der Waals surface area contributed by atoms with E-state index in [1.807, 2.05) is 31.2 Å². The lowest BCUT2D eigenvalue weighted by Crippen LogP contribution is -2.48. The summed E-state index contributed by atoms with van der Waals surface area (Å²) in [6, 6.07) is 11.9. The molecule has 0 aliphatic carbocycles. The average Bonchev–Trinajstić information content (AvgIpc) is 2.70. The number of hydrogen-bond donors (Lipinski definition) is 1. The molecular weight excluding hydrogens is 399 g/mol. The van der Waals surface area contributed by atoms with Crippen LogP contribution in [0.3, 0.4) is 0 Å². The molecule has 1 N–H and O–H groups in total. The van der Waals surface area contributed by atoms with E-state index in [4.69, 9.17) is 27.9 Å². The zero-order valence-corrected chi connectivity index (χ0v) is 17.7. The van der Waals surface area contributed by atoms with Crippen LogP contribution in [0.1, 0.15) is 24.5 Å². The largest absolute Gasteiger partial charge is 0.497 e. The summed E-state index contributed by atoms with van der Waals surface area (Å²) >= 11 is 12.2. The normalized spacial score (nSPS) is 11.6. The van der Waals surface area contributed by atoms with Crippen molar-refractivity contribution in [3.63, 3.8) is 0 Å². The number of rotatable bonds is 8. The van der Waals surface area contributed by atoms with Gasteiger partial charge in [0.2, 0.25) is 11.8 Å². The average molecular weight is 423 g/mol. The summed E-state index contributed by atoms with van der Waals surface area (Å²) in [4.78, 5) is 27.1. The van der Waals surface area contributed by atoms with E-state index in [2.05, 4.69) is 5.32 Å². The van der Waals surface area contributed by atoms with Crippen LogP contribution in [-0.2, 0) is 22.6 Å². The predicted molar refractivity (Wildman–Crippen MR) is 112 cm³/mol. The second-order valence-electron chi connectivity index (χ2n) is 6.32. The smallest absolute Gasteiger partial charge is 0.242 e. The molecule has 7 heteroatoms. The molecule has 0 fully saturated rings. The first-order valence-corrected chi connectivity index (χ1v) is 9.73. The first kappa shape index (κ1) is 22.1. The fourth-order valence-electron chi connectivity index (χ4n) is 2.94. The van der Waals surface area contributed by atoms with Gasteiger partial charge in [0, 0.05) is 23.6 Å². The monoisotopic (exact) mass is 422 g/mol. The van der Waals surface area contributed by atoms with E-state index in [0.29, 0.717) is 28.6 Å². The Balaban J connectivity index is 2.29. The summed E-state index contributed by atoms with van der Waals surface area (Å²) in [5.41, 5.74) is 1.57. The van der Waals surface area contributed by atoms with Gasteiger partial charge in [-0.1, -0.05) is 48.3 Å². The highest BCUT2D eigenvalue weighted by molar-refractivity contribution is 6.35. The number of carbonyl (C=O) groups is 2. The second-order valence-corrected chi connectivity index (χ2v) is 7.16. The molecule has 0 radical (unpaired) electrons. The van der Waals surface area contributed by atoms with Gasteiger partial charge in [-0.25, -0.2) is 0 Å². The molecule has 0 bridgehead atoms. The molecule has 2 aromatic carbocycles. The van der Waals surface area contributed by atoms with Crippen LogP contribution >= 0.6 is 23.2 Å². The van der Waals surface area contributed by atoms with Crippen molar-refractivity contribution >= 4 is 35.0 Å². The molecule has 0 unspecified atom stereocenters. The molecule has 150 valence electrons. The van der Waals surface area contributed by atoms with Gasteiger partial charge >= 0.3 is 0 Å². The number of likely N-dealkylation sites (N-methyl/N-ethyl adjacent to an activating group) is 1. The van der Waals surface area contributed by atoms with Gasteiger partial charge in [0.15, 0.2) is 0 Å². The third-order valence-corrected chi connectivity index (χ3v) is 5.09. The number of amides is 2. The molecule has 5 nitrogen and oxygen atoms in total. The topological polar surface area (TPSA) is 58.6 Å². The van der Waals surface area contributed by atoms with Gasteiger partial charge in [0.1, 0.15) is 11.8 Å². The minimum atomic E-state index is -0.578.